The zero-order valence-electron chi connectivity index (χ0n) is 5.62. The molecular weight excluding hydrogens is 175 g/mol. The number of nitrogens with two attached hydrogens (primary N) is 1. The minimum atomic E-state index is -0.223. The molecule has 1 rings (SSSR count). The molecule has 0 saturated carbocycles. The first kappa shape index (κ1) is 13.1. The van der Waals surface area contributed by atoms with Crippen LogP contribution in [0.25, 0.3) is 0 Å². The lowest BCUT2D eigenvalue weighted by Crippen LogP contribution is -2.46. The number of aliphatic hydroxyl groups excluding tert-OH is 1. The Bertz CT molecular complexity index is 76.0. The van der Waals surface area contributed by atoms with Gasteiger partial charge in [0.25, 0.3) is 0 Å². The molecule has 0 aromatic carbocycles. The molecule has 4 N–H and O–H groups in total. The van der Waals surface area contributed by atoms with Gasteiger partial charge < -0.3 is 16.2 Å². The lowest BCUT2D eigenvalue weighted by Gasteiger charge is -2.23. The van der Waals surface area contributed by atoms with Crippen molar-refractivity contribution < 1.29 is 5.11 Å². The highest BCUT2D eigenvalue weighted by Gasteiger charge is 2.14. The van der Waals surface area contributed by atoms with Crippen molar-refractivity contribution in [1.29, 1.82) is 0 Å². The maximum Gasteiger partial charge on any atom is 0.0679 e. The smallest absolute Gasteiger partial charge is 0.0679 e. The highest BCUT2D eigenvalue weighted by Crippen LogP contribution is 1.98. The fraction of sp³-hybridized carbons (Fsp3) is 1.00. The standard InChI is InChI=1S/C5H12N2O.2ClH/c6-4-1-5(8)3-7-2-4;;/h4-5,7-8H,1-3,6H2;2*1H. The Hall–Kier alpha value is 0.460. The van der Waals surface area contributed by atoms with Crippen molar-refractivity contribution in [2.24, 2.45) is 5.73 Å². The van der Waals surface area contributed by atoms with Gasteiger partial charge in [0.1, 0.15) is 0 Å². The molecule has 0 aliphatic carbocycles. The molecule has 1 aliphatic heterocycles. The van der Waals surface area contributed by atoms with Crippen LogP contribution in [0, 0.1) is 0 Å². The van der Waals surface area contributed by atoms with Gasteiger partial charge in [-0.05, 0) is 6.42 Å². The summed E-state index contributed by atoms with van der Waals surface area (Å²) >= 11 is 0. The summed E-state index contributed by atoms with van der Waals surface area (Å²) in [7, 11) is 0. The number of aliphatic hydroxyl groups is 1. The molecule has 1 saturated heterocycles. The van der Waals surface area contributed by atoms with Crippen LogP contribution in [-0.2, 0) is 0 Å². The molecule has 0 aromatic rings. The zero-order chi connectivity index (χ0) is 5.98. The van der Waals surface area contributed by atoms with E-state index in [1.807, 2.05) is 0 Å². The molecule has 0 amide bonds. The molecule has 10 heavy (non-hydrogen) atoms. The number of hydrogen-bond donors (Lipinski definition) is 3. The van der Waals surface area contributed by atoms with Gasteiger partial charge in [0.15, 0.2) is 0 Å². The third-order valence-corrected chi connectivity index (χ3v) is 1.36. The van der Waals surface area contributed by atoms with E-state index in [-0.39, 0.29) is 37.0 Å². The highest BCUT2D eigenvalue weighted by atomic mass is 35.5. The van der Waals surface area contributed by atoms with E-state index in [0.717, 1.165) is 13.0 Å². The molecule has 0 aromatic heterocycles. The normalized spacial score (nSPS) is 31.8. The van der Waals surface area contributed by atoms with Crippen LogP contribution in [-0.4, -0.2) is 30.3 Å². The van der Waals surface area contributed by atoms with Gasteiger partial charge in [-0.25, -0.2) is 0 Å². The summed E-state index contributed by atoms with van der Waals surface area (Å²) in [6.45, 7) is 1.55. The average Bonchev–Trinajstić information content (AvgIpc) is 1.64. The first-order chi connectivity index (χ1) is 3.79. The Morgan fingerprint density at radius 2 is 1.90 bits per heavy atom. The maximum atomic E-state index is 8.94. The van der Waals surface area contributed by atoms with E-state index >= 15 is 0 Å². The van der Waals surface area contributed by atoms with Crippen molar-refractivity contribution >= 4 is 24.8 Å². The fourth-order valence-corrected chi connectivity index (χ4v) is 0.951. The Morgan fingerprint density at radius 1 is 1.30 bits per heavy atom. The zero-order valence-corrected chi connectivity index (χ0v) is 7.25. The second-order valence-corrected chi connectivity index (χ2v) is 2.31. The van der Waals surface area contributed by atoms with Crippen LogP contribution in [0.15, 0.2) is 0 Å². The molecule has 0 bridgehead atoms. The molecule has 5 heteroatoms. The highest BCUT2D eigenvalue weighted by molar-refractivity contribution is 5.85. The van der Waals surface area contributed by atoms with E-state index in [1.165, 1.54) is 0 Å². The average molecular weight is 189 g/mol. The fourth-order valence-electron chi connectivity index (χ4n) is 0.951. The van der Waals surface area contributed by atoms with Gasteiger partial charge in [0.05, 0.1) is 6.10 Å². The second-order valence-electron chi connectivity index (χ2n) is 2.31. The van der Waals surface area contributed by atoms with Crippen LogP contribution < -0.4 is 11.1 Å². The first-order valence-corrected chi connectivity index (χ1v) is 2.93. The van der Waals surface area contributed by atoms with Gasteiger partial charge in [-0.1, -0.05) is 0 Å². The number of nitrogens with one attached hydrogen (secondary N) is 1. The largest absolute Gasteiger partial charge is 0.392 e. The van der Waals surface area contributed by atoms with Gasteiger partial charge in [-0.2, -0.15) is 0 Å². The van der Waals surface area contributed by atoms with E-state index in [4.69, 9.17) is 10.8 Å². The molecule has 0 radical (unpaired) electrons. The van der Waals surface area contributed by atoms with Gasteiger partial charge in [0, 0.05) is 19.1 Å². The summed E-state index contributed by atoms with van der Waals surface area (Å²) in [4.78, 5) is 0. The van der Waals surface area contributed by atoms with E-state index < -0.39 is 0 Å². The van der Waals surface area contributed by atoms with E-state index in [0.29, 0.717) is 6.54 Å². The van der Waals surface area contributed by atoms with E-state index in [9.17, 15) is 0 Å². The molecule has 2 atom stereocenters. The van der Waals surface area contributed by atoms with Crippen LogP contribution in [0.5, 0.6) is 0 Å². The van der Waals surface area contributed by atoms with Gasteiger partial charge >= 0.3 is 0 Å². The van der Waals surface area contributed by atoms with Crippen molar-refractivity contribution in [3.05, 3.63) is 0 Å². The molecular formula is C5H14Cl2N2O. The number of rotatable bonds is 0. The number of piperidine rings is 1. The topological polar surface area (TPSA) is 58.3 Å². The predicted octanol–water partition coefficient (Wildman–Crippen LogP) is -0.489. The van der Waals surface area contributed by atoms with Crippen LogP contribution >= 0.6 is 24.8 Å². The van der Waals surface area contributed by atoms with Crippen LogP contribution in [0.2, 0.25) is 0 Å². The third kappa shape index (κ3) is 4.30. The summed E-state index contributed by atoms with van der Waals surface area (Å²) < 4.78 is 0. The van der Waals surface area contributed by atoms with E-state index in [1.54, 1.807) is 0 Å². The lowest BCUT2D eigenvalue weighted by molar-refractivity contribution is 0.133. The Balaban J connectivity index is 0. The molecule has 64 valence electrons. The van der Waals surface area contributed by atoms with Crippen molar-refractivity contribution in [3.63, 3.8) is 0 Å². The Labute approximate surface area is 73.2 Å². The second kappa shape index (κ2) is 6.19. The predicted molar refractivity (Wildman–Crippen MR) is 46.0 cm³/mol. The van der Waals surface area contributed by atoms with Crippen LogP contribution in [0.4, 0.5) is 0 Å². The van der Waals surface area contributed by atoms with Crippen molar-refractivity contribution in [3.8, 4) is 0 Å². The molecule has 1 aliphatic rings. The Kier molecular flexibility index (Phi) is 8.09. The van der Waals surface area contributed by atoms with Gasteiger partial charge in [-0.3, -0.25) is 0 Å². The molecule has 0 spiro atoms. The third-order valence-electron chi connectivity index (χ3n) is 1.36. The van der Waals surface area contributed by atoms with Gasteiger partial charge in [-0.15, -0.1) is 24.8 Å². The first-order valence-electron chi connectivity index (χ1n) is 2.93. The summed E-state index contributed by atoms with van der Waals surface area (Å²) in [5, 5.41) is 11.9. The summed E-state index contributed by atoms with van der Waals surface area (Å²) in [5.41, 5.74) is 5.50. The number of hydrogen-bond acceptors (Lipinski definition) is 3. The molecule has 1 fully saturated rings. The van der Waals surface area contributed by atoms with Crippen LogP contribution in [0.3, 0.4) is 0 Å². The molecule has 3 nitrogen and oxygen atoms in total. The summed E-state index contributed by atoms with van der Waals surface area (Å²) in [6, 6.07) is 0.152. The molecule has 2 unspecified atom stereocenters. The van der Waals surface area contributed by atoms with Crippen molar-refractivity contribution in [2.75, 3.05) is 13.1 Å². The minimum Gasteiger partial charge on any atom is -0.392 e. The quantitative estimate of drug-likeness (QED) is 0.482. The number of halogens is 2. The molecule has 1 heterocycles. The van der Waals surface area contributed by atoms with Crippen LogP contribution in [0.1, 0.15) is 6.42 Å². The minimum absolute atomic E-state index is 0. The summed E-state index contributed by atoms with van der Waals surface area (Å²) in [5.74, 6) is 0. The van der Waals surface area contributed by atoms with Gasteiger partial charge in [0.2, 0.25) is 0 Å². The van der Waals surface area contributed by atoms with Crippen molar-refractivity contribution in [2.45, 2.75) is 18.6 Å². The maximum absolute atomic E-state index is 8.94. The van der Waals surface area contributed by atoms with Crippen molar-refractivity contribution in [1.82, 2.24) is 5.32 Å². The monoisotopic (exact) mass is 188 g/mol. The Morgan fingerprint density at radius 3 is 2.20 bits per heavy atom. The summed E-state index contributed by atoms with van der Waals surface area (Å²) in [6.07, 6.45) is 0.520. The number of β-amino-alcohol motifs (C(OH)–C–C–N with tert-alkyl or cyclic N) is 1. The van der Waals surface area contributed by atoms with E-state index in [2.05, 4.69) is 5.32 Å². The SMILES string of the molecule is Cl.Cl.NC1CNCC(O)C1. The lowest BCUT2D eigenvalue weighted by atomic mass is 10.1.